The van der Waals surface area contributed by atoms with E-state index in [4.69, 9.17) is 14.0 Å². The first-order chi connectivity index (χ1) is 15.9. The molecule has 0 bridgehead atoms. The number of nitrogens with zero attached hydrogens (tertiary/aromatic N) is 6. The lowest BCUT2D eigenvalue weighted by molar-refractivity contribution is -0.0266. The van der Waals surface area contributed by atoms with Crippen LogP contribution in [0.4, 0.5) is 19.5 Å². The highest BCUT2D eigenvalue weighted by molar-refractivity contribution is 5.83. The van der Waals surface area contributed by atoms with Crippen LogP contribution in [0.1, 0.15) is 18.9 Å². The van der Waals surface area contributed by atoms with E-state index >= 15 is 0 Å². The number of carbonyl (C=O) groups is 1. The number of halogens is 2. The Balaban J connectivity index is 1.22. The van der Waals surface area contributed by atoms with Crippen molar-refractivity contribution in [2.45, 2.75) is 30.9 Å². The Morgan fingerprint density at radius 3 is 2.79 bits per heavy atom. The summed E-state index contributed by atoms with van der Waals surface area (Å²) in [7, 11) is 0. The molecule has 1 aliphatic carbocycles. The lowest BCUT2D eigenvalue weighted by atomic mass is 10.1. The largest absolute Gasteiger partial charge is 0.446 e. The van der Waals surface area contributed by atoms with E-state index in [1.54, 1.807) is 6.20 Å². The fraction of sp³-hybridized carbons (Fsp3) is 0.524. The standard InChI is InChI=1S/C21H22F2N6O4/c22-21(23)11-27(5-6-28(12-21)20(30)32-16-3-4-16)19-25-18(33-26-19)13-1-2-14-8-24-29(17(14)7-13)15-9-31-10-15/h1-2,7-8,15-16H,3-6,9-12H2. The molecule has 6 rings (SSSR count). The monoisotopic (exact) mass is 460 g/mol. The van der Waals surface area contributed by atoms with E-state index in [9.17, 15) is 13.6 Å². The summed E-state index contributed by atoms with van der Waals surface area (Å²) >= 11 is 0. The average Bonchev–Trinajstić information content (AvgIpc) is 3.31. The van der Waals surface area contributed by atoms with Gasteiger partial charge in [-0.05, 0) is 30.1 Å². The van der Waals surface area contributed by atoms with E-state index in [2.05, 4.69) is 15.2 Å². The number of anilines is 1. The van der Waals surface area contributed by atoms with E-state index in [-0.39, 0.29) is 37.1 Å². The summed E-state index contributed by atoms with van der Waals surface area (Å²) in [5, 5.41) is 9.34. The molecule has 12 heteroatoms. The molecule has 0 unspecified atom stereocenters. The minimum Gasteiger partial charge on any atom is -0.446 e. The van der Waals surface area contributed by atoms with Crippen molar-refractivity contribution in [1.29, 1.82) is 0 Å². The number of carbonyl (C=O) groups excluding carboxylic acids is 1. The summed E-state index contributed by atoms with van der Waals surface area (Å²) in [5.41, 5.74) is 1.58. The summed E-state index contributed by atoms with van der Waals surface area (Å²) in [6.07, 6.45) is 2.52. The molecule has 10 nitrogen and oxygen atoms in total. The fourth-order valence-corrected chi connectivity index (χ4v) is 4.03. The van der Waals surface area contributed by atoms with Crippen LogP contribution < -0.4 is 4.90 Å². The minimum absolute atomic E-state index is 0.0584. The maximum absolute atomic E-state index is 14.6. The second-order valence-corrected chi connectivity index (χ2v) is 8.74. The Labute approximate surface area is 187 Å². The second-order valence-electron chi connectivity index (χ2n) is 8.74. The predicted molar refractivity (Wildman–Crippen MR) is 111 cm³/mol. The molecule has 2 aliphatic heterocycles. The van der Waals surface area contributed by atoms with E-state index in [0.717, 1.165) is 28.6 Å². The molecule has 2 saturated heterocycles. The van der Waals surface area contributed by atoms with E-state index < -0.39 is 25.1 Å². The first-order valence-corrected chi connectivity index (χ1v) is 10.9. The van der Waals surface area contributed by atoms with Gasteiger partial charge < -0.3 is 23.8 Å². The van der Waals surface area contributed by atoms with Crippen LogP contribution in [0.3, 0.4) is 0 Å². The van der Waals surface area contributed by atoms with Gasteiger partial charge in [0.2, 0.25) is 0 Å². The normalized spacial score (nSPS) is 21.2. The van der Waals surface area contributed by atoms with Crippen LogP contribution in [0.2, 0.25) is 0 Å². The molecule has 0 atom stereocenters. The fourth-order valence-electron chi connectivity index (χ4n) is 4.03. The zero-order valence-corrected chi connectivity index (χ0v) is 17.7. The maximum atomic E-state index is 14.6. The average molecular weight is 460 g/mol. The summed E-state index contributed by atoms with van der Waals surface area (Å²) in [6.45, 7) is 0.125. The third kappa shape index (κ3) is 3.99. The molecule has 3 aliphatic rings. The van der Waals surface area contributed by atoms with Gasteiger partial charge in [-0.25, -0.2) is 13.6 Å². The Bertz CT molecular complexity index is 1190. The third-order valence-electron chi connectivity index (χ3n) is 6.04. The smallest absolute Gasteiger partial charge is 0.410 e. The molecule has 4 heterocycles. The van der Waals surface area contributed by atoms with Crippen LogP contribution in [0.5, 0.6) is 0 Å². The van der Waals surface area contributed by atoms with Crippen LogP contribution >= 0.6 is 0 Å². The number of alkyl halides is 2. The Morgan fingerprint density at radius 1 is 1.18 bits per heavy atom. The van der Waals surface area contributed by atoms with Crippen molar-refractivity contribution in [2.75, 3.05) is 44.3 Å². The molecule has 33 heavy (non-hydrogen) atoms. The SMILES string of the molecule is O=C(OC1CC1)N1CCN(c2noc(-c3ccc4cnn(C5COC5)c4c3)n2)CC(F)(F)C1. The molecule has 0 radical (unpaired) electrons. The molecular weight excluding hydrogens is 438 g/mol. The lowest BCUT2D eigenvalue weighted by Gasteiger charge is -2.26. The Morgan fingerprint density at radius 2 is 2.03 bits per heavy atom. The highest BCUT2D eigenvalue weighted by Gasteiger charge is 2.41. The van der Waals surface area contributed by atoms with Gasteiger partial charge in [-0.1, -0.05) is 6.07 Å². The molecule has 174 valence electrons. The first kappa shape index (κ1) is 20.3. The van der Waals surface area contributed by atoms with Crippen LogP contribution in [-0.4, -0.2) is 82.3 Å². The van der Waals surface area contributed by atoms with Gasteiger partial charge in [-0.15, -0.1) is 0 Å². The minimum atomic E-state index is -3.14. The number of hydrogen-bond acceptors (Lipinski definition) is 8. The molecule has 0 spiro atoms. The molecule has 1 saturated carbocycles. The lowest BCUT2D eigenvalue weighted by Crippen LogP contribution is -2.42. The van der Waals surface area contributed by atoms with E-state index in [1.165, 1.54) is 4.90 Å². The summed E-state index contributed by atoms with van der Waals surface area (Å²) in [6, 6.07) is 5.81. The molecular formula is C21H22F2N6O4. The number of rotatable bonds is 4. The van der Waals surface area contributed by atoms with Crippen molar-refractivity contribution in [2.24, 2.45) is 0 Å². The molecule has 1 amide bonds. The molecule has 3 aromatic rings. The van der Waals surface area contributed by atoms with Crippen molar-refractivity contribution in [1.82, 2.24) is 24.8 Å². The molecule has 2 aromatic heterocycles. The van der Waals surface area contributed by atoms with Gasteiger partial charge >= 0.3 is 6.09 Å². The van der Waals surface area contributed by atoms with Crippen molar-refractivity contribution in [3.05, 3.63) is 24.4 Å². The van der Waals surface area contributed by atoms with Crippen LogP contribution in [-0.2, 0) is 9.47 Å². The second kappa shape index (κ2) is 7.65. The Kier molecular flexibility index (Phi) is 4.71. The summed E-state index contributed by atoms with van der Waals surface area (Å²) in [5.74, 6) is -2.86. The van der Waals surface area contributed by atoms with E-state index in [0.29, 0.717) is 18.8 Å². The van der Waals surface area contributed by atoms with Crippen molar-refractivity contribution < 1.29 is 27.6 Å². The number of amides is 1. The van der Waals surface area contributed by atoms with Gasteiger partial charge in [0.15, 0.2) is 0 Å². The third-order valence-corrected chi connectivity index (χ3v) is 6.04. The van der Waals surface area contributed by atoms with E-state index in [1.807, 2.05) is 22.9 Å². The van der Waals surface area contributed by atoms with Gasteiger partial charge in [-0.2, -0.15) is 10.1 Å². The van der Waals surface area contributed by atoms with Gasteiger partial charge in [0.1, 0.15) is 6.10 Å². The van der Waals surface area contributed by atoms with Crippen molar-refractivity contribution in [3.63, 3.8) is 0 Å². The van der Waals surface area contributed by atoms with Gasteiger partial charge in [0.05, 0.1) is 44.1 Å². The van der Waals surface area contributed by atoms with Gasteiger partial charge in [-0.3, -0.25) is 4.68 Å². The highest BCUT2D eigenvalue weighted by Crippen LogP contribution is 2.30. The number of benzene rings is 1. The maximum Gasteiger partial charge on any atom is 0.410 e. The quantitative estimate of drug-likeness (QED) is 0.586. The number of ether oxygens (including phenoxy) is 2. The van der Waals surface area contributed by atoms with Crippen molar-refractivity contribution in [3.8, 4) is 11.5 Å². The molecule has 0 N–H and O–H groups in total. The molecule has 3 fully saturated rings. The number of fused-ring (bicyclic) bond motifs is 1. The Hall–Kier alpha value is -3.28. The van der Waals surface area contributed by atoms with Gasteiger partial charge in [0, 0.05) is 24.0 Å². The summed E-state index contributed by atoms with van der Waals surface area (Å²) < 4.78 is 47.0. The van der Waals surface area contributed by atoms with Crippen LogP contribution in [0.15, 0.2) is 28.9 Å². The van der Waals surface area contributed by atoms with Crippen LogP contribution in [0.25, 0.3) is 22.4 Å². The molecule has 1 aromatic carbocycles. The first-order valence-electron chi connectivity index (χ1n) is 10.9. The summed E-state index contributed by atoms with van der Waals surface area (Å²) in [4.78, 5) is 19.0. The van der Waals surface area contributed by atoms with Crippen LogP contribution in [0, 0.1) is 0 Å². The van der Waals surface area contributed by atoms with Gasteiger partial charge in [0.25, 0.3) is 17.8 Å². The number of aromatic nitrogens is 4. The highest BCUT2D eigenvalue weighted by atomic mass is 19.3. The van der Waals surface area contributed by atoms with Crippen molar-refractivity contribution >= 4 is 22.9 Å². The zero-order chi connectivity index (χ0) is 22.6. The zero-order valence-electron chi connectivity index (χ0n) is 17.7. The number of hydrogen-bond donors (Lipinski definition) is 0. The topological polar surface area (TPSA) is 98.8 Å². The predicted octanol–water partition coefficient (Wildman–Crippen LogP) is 2.71.